The highest BCUT2D eigenvalue weighted by molar-refractivity contribution is 7.93. The van der Waals surface area contributed by atoms with Crippen LogP contribution in [0.15, 0.2) is 76.0 Å². The van der Waals surface area contributed by atoms with Gasteiger partial charge in [0.05, 0.1) is 23.8 Å². The standard InChI is InChI=1S/C28H27NO7S/c1-5-34-22-12-14-23(15-13-22)37(32,33)29(27(30)20-9-7-18(3)8-10-20)21-11-16-25-24(17-21)26(19(4)36-25)28(31)35-6-2/h7-17H,5-6H2,1-4H3. The number of fused-ring (bicyclic) bond motifs is 1. The van der Waals surface area contributed by atoms with Crippen LogP contribution in [0.4, 0.5) is 5.69 Å². The minimum Gasteiger partial charge on any atom is -0.494 e. The summed E-state index contributed by atoms with van der Waals surface area (Å²) in [5, 5.41) is 0.344. The fourth-order valence-electron chi connectivity index (χ4n) is 3.95. The molecule has 4 aromatic rings. The third kappa shape index (κ3) is 5.08. The average Bonchev–Trinajstić information content (AvgIpc) is 3.20. The summed E-state index contributed by atoms with van der Waals surface area (Å²) in [6, 6.07) is 16.9. The van der Waals surface area contributed by atoms with Gasteiger partial charge >= 0.3 is 5.97 Å². The van der Waals surface area contributed by atoms with Crippen LogP contribution in [0.25, 0.3) is 11.0 Å². The van der Waals surface area contributed by atoms with Crippen LogP contribution < -0.4 is 9.04 Å². The first kappa shape index (κ1) is 26.0. The van der Waals surface area contributed by atoms with Crippen molar-refractivity contribution in [2.75, 3.05) is 17.5 Å². The van der Waals surface area contributed by atoms with Crippen molar-refractivity contribution in [1.29, 1.82) is 0 Å². The molecule has 0 aliphatic heterocycles. The lowest BCUT2D eigenvalue weighted by Gasteiger charge is -2.23. The van der Waals surface area contributed by atoms with Gasteiger partial charge in [0.15, 0.2) is 0 Å². The first-order valence-electron chi connectivity index (χ1n) is 11.8. The van der Waals surface area contributed by atoms with Gasteiger partial charge in [0.2, 0.25) is 0 Å². The highest BCUT2D eigenvalue weighted by atomic mass is 32.2. The first-order chi connectivity index (χ1) is 17.7. The Balaban J connectivity index is 1.90. The van der Waals surface area contributed by atoms with Gasteiger partial charge in [0.25, 0.3) is 15.9 Å². The van der Waals surface area contributed by atoms with E-state index >= 15 is 0 Å². The van der Waals surface area contributed by atoms with Crippen LogP contribution in [0.5, 0.6) is 5.75 Å². The maximum Gasteiger partial charge on any atom is 0.342 e. The second kappa shape index (κ2) is 10.5. The largest absolute Gasteiger partial charge is 0.494 e. The fraction of sp³-hybridized carbons (Fsp3) is 0.214. The molecular formula is C28H27NO7S. The number of anilines is 1. The van der Waals surface area contributed by atoms with Crippen LogP contribution >= 0.6 is 0 Å². The second-order valence-electron chi connectivity index (χ2n) is 8.28. The third-order valence-electron chi connectivity index (χ3n) is 5.72. The zero-order chi connectivity index (χ0) is 26.7. The molecule has 0 saturated heterocycles. The van der Waals surface area contributed by atoms with E-state index in [0.717, 1.165) is 9.87 Å². The average molecular weight is 522 g/mol. The summed E-state index contributed by atoms with van der Waals surface area (Å²) in [7, 11) is -4.37. The molecular weight excluding hydrogens is 494 g/mol. The summed E-state index contributed by atoms with van der Waals surface area (Å²) >= 11 is 0. The Hall–Kier alpha value is -4.11. The number of carbonyl (C=O) groups is 2. The number of carbonyl (C=O) groups excluding carboxylic acids is 2. The van der Waals surface area contributed by atoms with Gasteiger partial charge in [-0.15, -0.1) is 0 Å². The Bertz CT molecular complexity index is 1550. The molecule has 8 nitrogen and oxygen atoms in total. The van der Waals surface area contributed by atoms with E-state index in [1.54, 1.807) is 38.1 Å². The summed E-state index contributed by atoms with van der Waals surface area (Å²) in [6.45, 7) is 7.59. The molecule has 1 aromatic heterocycles. The molecule has 0 saturated carbocycles. The van der Waals surface area contributed by atoms with Crippen molar-refractivity contribution >= 4 is 38.6 Å². The number of hydrogen-bond acceptors (Lipinski definition) is 7. The monoisotopic (exact) mass is 521 g/mol. The van der Waals surface area contributed by atoms with Crippen molar-refractivity contribution < 1.29 is 31.9 Å². The van der Waals surface area contributed by atoms with Crippen molar-refractivity contribution in [1.82, 2.24) is 0 Å². The van der Waals surface area contributed by atoms with Crippen molar-refractivity contribution in [2.45, 2.75) is 32.6 Å². The first-order valence-corrected chi connectivity index (χ1v) is 13.2. The topological polar surface area (TPSA) is 103 Å². The predicted molar refractivity (Wildman–Crippen MR) is 140 cm³/mol. The Kier molecular flexibility index (Phi) is 7.35. The number of aryl methyl sites for hydroxylation is 2. The van der Waals surface area contributed by atoms with Crippen LogP contribution in [0.3, 0.4) is 0 Å². The van der Waals surface area contributed by atoms with Gasteiger partial charge in [-0.1, -0.05) is 17.7 Å². The molecule has 0 fully saturated rings. The van der Waals surface area contributed by atoms with E-state index in [1.165, 1.54) is 42.5 Å². The molecule has 0 spiro atoms. The zero-order valence-electron chi connectivity index (χ0n) is 21.0. The molecule has 0 radical (unpaired) electrons. The Morgan fingerprint density at radius 2 is 1.57 bits per heavy atom. The molecule has 9 heteroatoms. The van der Waals surface area contributed by atoms with Crippen LogP contribution in [0, 0.1) is 13.8 Å². The molecule has 4 rings (SSSR count). The summed E-state index contributed by atoms with van der Waals surface area (Å²) in [5.74, 6) is -0.503. The van der Waals surface area contributed by atoms with Crippen LogP contribution in [0.2, 0.25) is 0 Å². The van der Waals surface area contributed by atoms with Crippen molar-refractivity contribution in [2.24, 2.45) is 0 Å². The number of sulfonamides is 1. The second-order valence-corrected chi connectivity index (χ2v) is 10.1. The van der Waals surface area contributed by atoms with Gasteiger partial charge in [-0.05, 0) is 82.3 Å². The lowest BCUT2D eigenvalue weighted by atomic mass is 10.1. The molecule has 3 aromatic carbocycles. The van der Waals surface area contributed by atoms with Crippen molar-refractivity contribution in [3.8, 4) is 5.75 Å². The SMILES string of the molecule is CCOC(=O)c1c(C)oc2ccc(N(C(=O)c3ccc(C)cc3)S(=O)(=O)c3ccc(OCC)cc3)cc12. The Morgan fingerprint density at radius 3 is 2.19 bits per heavy atom. The lowest BCUT2D eigenvalue weighted by Crippen LogP contribution is -2.37. The fourth-order valence-corrected chi connectivity index (χ4v) is 5.36. The number of amides is 1. The van der Waals surface area contributed by atoms with E-state index < -0.39 is 21.9 Å². The number of esters is 1. The quantitative estimate of drug-likeness (QED) is 0.276. The molecule has 192 valence electrons. The summed E-state index contributed by atoms with van der Waals surface area (Å²) in [4.78, 5) is 26.2. The predicted octanol–water partition coefficient (Wildman–Crippen LogP) is 5.66. The van der Waals surface area contributed by atoms with E-state index in [1.807, 2.05) is 13.8 Å². The number of nitrogens with zero attached hydrogens (tertiary/aromatic N) is 1. The summed E-state index contributed by atoms with van der Waals surface area (Å²) in [5.41, 5.74) is 1.71. The molecule has 0 aliphatic rings. The van der Waals surface area contributed by atoms with E-state index in [0.29, 0.717) is 29.1 Å². The molecule has 0 N–H and O–H groups in total. The van der Waals surface area contributed by atoms with Crippen LogP contribution in [0.1, 0.15) is 45.9 Å². The van der Waals surface area contributed by atoms with E-state index in [-0.39, 0.29) is 28.3 Å². The molecule has 1 heterocycles. The van der Waals surface area contributed by atoms with E-state index in [9.17, 15) is 18.0 Å². The van der Waals surface area contributed by atoms with E-state index in [4.69, 9.17) is 13.9 Å². The van der Waals surface area contributed by atoms with Gasteiger partial charge in [-0.25, -0.2) is 13.2 Å². The number of furan rings is 1. The molecule has 0 unspecified atom stereocenters. The van der Waals surface area contributed by atoms with Gasteiger partial charge < -0.3 is 13.9 Å². The molecule has 37 heavy (non-hydrogen) atoms. The highest BCUT2D eigenvalue weighted by Gasteiger charge is 2.33. The van der Waals surface area contributed by atoms with Crippen LogP contribution in [-0.2, 0) is 14.8 Å². The third-order valence-corrected chi connectivity index (χ3v) is 7.44. The number of hydrogen-bond donors (Lipinski definition) is 0. The molecule has 1 amide bonds. The lowest BCUT2D eigenvalue weighted by molar-refractivity contribution is 0.0526. The van der Waals surface area contributed by atoms with Gasteiger partial charge in [0, 0.05) is 10.9 Å². The minimum absolute atomic E-state index is 0.0540. The van der Waals surface area contributed by atoms with Crippen LogP contribution in [-0.4, -0.2) is 33.5 Å². The minimum atomic E-state index is -4.37. The summed E-state index contributed by atoms with van der Waals surface area (Å²) in [6.07, 6.45) is 0. The number of rotatable bonds is 8. The highest BCUT2D eigenvalue weighted by Crippen LogP contribution is 2.33. The van der Waals surface area contributed by atoms with Crippen molar-refractivity contribution in [3.63, 3.8) is 0 Å². The maximum atomic E-state index is 13.9. The number of benzene rings is 3. The smallest absolute Gasteiger partial charge is 0.342 e. The Labute approximate surface area is 215 Å². The van der Waals surface area contributed by atoms with E-state index in [2.05, 4.69) is 0 Å². The summed E-state index contributed by atoms with van der Waals surface area (Å²) < 4.78 is 44.8. The maximum absolute atomic E-state index is 13.9. The molecule has 0 aliphatic carbocycles. The van der Waals surface area contributed by atoms with Gasteiger partial charge in [-0.2, -0.15) is 4.31 Å². The molecule has 0 atom stereocenters. The van der Waals surface area contributed by atoms with Gasteiger partial charge in [0.1, 0.15) is 22.7 Å². The van der Waals surface area contributed by atoms with Crippen molar-refractivity contribution in [3.05, 3.63) is 89.2 Å². The normalized spacial score (nSPS) is 11.4. The molecule has 0 bridgehead atoms. The zero-order valence-corrected chi connectivity index (χ0v) is 21.8. The Morgan fingerprint density at radius 1 is 0.892 bits per heavy atom. The number of ether oxygens (including phenoxy) is 2. The van der Waals surface area contributed by atoms with Gasteiger partial charge in [-0.3, -0.25) is 4.79 Å².